The second kappa shape index (κ2) is 5.81. The first-order valence-corrected chi connectivity index (χ1v) is 7.87. The van der Waals surface area contributed by atoms with Gasteiger partial charge in [-0.1, -0.05) is 12.1 Å². The molecule has 0 saturated carbocycles. The molecule has 0 radical (unpaired) electrons. The number of nitrogens with zero attached hydrogens (tertiary/aromatic N) is 1. The summed E-state index contributed by atoms with van der Waals surface area (Å²) in [7, 11) is 3.79. The largest absolute Gasteiger partial charge is 0.496 e. The fourth-order valence-electron chi connectivity index (χ4n) is 4.28. The van der Waals surface area contributed by atoms with E-state index in [9.17, 15) is 10.2 Å². The molecule has 0 amide bonds. The zero-order valence-electron chi connectivity index (χ0n) is 13.5. The maximum Gasteiger partial charge on any atom is 0.121 e. The number of likely N-dealkylation sites (tertiary alicyclic amines) is 1. The molecule has 3 rings (SSSR count). The van der Waals surface area contributed by atoms with Gasteiger partial charge in [-0.25, -0.2) is 0 Å². The summed E-state index contributed by atoms with van der Waals surface area (Å²) in [4.78, 5) is 2.29. The molecule has 0 bridgehead atoms. The lowest BCUT2D eigenvalue weighted by atomic mass is 9.81. The summed E-state index contributed by atoms with van der Waals surface area (Å²) in [5.41, 5.74) is 1.72. The Balaban J connectivity index is 1.95. The highest BCUT2D eigenvalue weighted by molar-refractivity contribution is 5.38. The van der Waals surface area contributed by atoms with Crippen molar-refractivity contribution in [3.8, 4) is 5.75 Å². The van der Waals surface area contributed by atoms with Crippen LogP contribution in [0, 0.1) is 18.8 Å². The predicted molar refractivity (Wildman–Crippen MR) is 85.0 cm³/mol. The molecular weight excluding hydrogens is 280 g/mol. The van der Waals surface area contributed by atoms with Gasteiger partial charge in [0.05, 0.1) is 25.9 Å². The third-order valence-electron chi connectivity index (χ3n) is 5.47. The van der Waals surface area contributed by atoms with Crippen molar-refractivity contribution >= 4 is 0 Å². The molecule has 2 heterocycles. The van der Waals surface area contributed by atoms with Crippen LogP contribution in [0.3, 0.4) is 0 Å². The SMILES string of the molecule is COc1ccc([C@H]2NC(CO)(CO)[C@H]3CN(C)C[C@@H]23)cc1C. The number of hydrogen-bond donors (Lipinski definition) is 3. The summed E-state index contributed by atoms with van der Waals surface area (Å²) in [6, 6.07) is 6.39. The van der Waals surface area contributed by atoms with E-state index in [1.165, 1.54) is 5.56 Å². The molecule has 2 aliphatic rings. The Labute approximate surface area is 131 Å². The lowest BCUT2D eigenvalue weighted by Crippen LogP contribution is -2.53. The van der Waals surface area contributed by atoms with E-state index >= 15 is 0 Å². The Hall–Kier alpha value is -1.14. The van der Waals surface area contributed by atoms with E-state index in [-0.39, 0.29) is 25.2 Å². The number of benzene rings is 1. The van der Waals surface area contributed by atoms with Crippen LogP contribution in [-0.2, 0) is 0 Å². The molecule has 3 N–H and O–H groups in total. The van der Waals surface area contributed by atoms with Crippen LogP contribution < -0.4 is 10.1 Å². The van der Waals surface area contributed by atoms with Crippen molar-refractivity contribution in [2.75, 3.05) is 40.5 Å². The van der Waals surface area contributed by atoms with E-state index in [0.717, 1.165) is 24.4 Å². The zero-order chi connectivity index (χ0) is 15.9. The second-order valence-corrected chi connectivity index (χ2v) is 6.81. The fraction of sp³-hybridized carbons (Fsp3) is 0.647. The van der Waals surface area contributed by atoms with E-state index in [2.05, 4.69) is 29.4 Å². The number of rotatable bonds is 4. The van der Waals surface area contributed by atoms with Gasteiger partial charge in [0.15, 0.2) is 0 Å². The van der Waals surface area contributed by atoms with Crippen molar-refractivity contribution < 1.29 is 14.9 Å². The molecule has 1 aromatic carbocycles. The maximum atomic E-state index is 9.89. The molecule has 5 nitrogen and oxygen atoms in total. The van der Waals surface area contributed by atoms with Crippen LogP contribution in [0.25, 0.3) is 0 Å². The lowest BCUT2D eigenvalue weighted by Gasteiger charge is -2.32. The monoisotopic (exact) mass is 306 g/mol. The van der Waals surface area contributed by atoms with Gasteiger partial charge in [0.25, 0.3) is 0 Å². The van der Waals surface area contributed by atoms with E-state index in [1.807, 2.05) is 13.0 Å². The molecule has 0 unspecified atom stereocenters. The average Bonchev–Trinajstić information content (AvgIpc) is 3.03. The van der Waals surface area contributed by atoms with Crippen LogP contribution in [0.2, 0.25) is 0 Å². The number of fused-ring (bicyclic) bond motifs is 1. The Bertz CT molecular complexity index is 545. The first-order chi connectivity index (χ1) is 10.5. The summed E-state index contributed by atoms with van der Waals surface area (Å²) >= 11 is 0. The third-order valence-corrected chi connectivity index (χ3v) is 5.47. The predicted octanol–water partition coefficient (Wildman–Crippen LogP) is 0.549. The number of methoxy groups -OCH3 is 1. The molecule has 0 spiro atoms. The van der Waals surface area contributed by atoms with Crippen molar-refractivity contribution in [3.63, 3.8) is 0 Å². The molecule has 3 atom stereocenters. The van der Waals surface area contributed by atoms with Gasteiger partial charge in [0, 0.05) is 25.0 Å². The summed E-state index contributed by atoms with van der Waals surface area (Å²) in [5.74, 6) is 1.55. The van der Waals surface area contributed by atoms with Gasteiger partial charge in [-0.2, -0.15) is 0 Å². The van der Waals surface area contributed by atoms with E-state index in [0.29, 0.717) is 5.92 Å². The molecule has 1 aromatic rings. The lowest BCUT2D eigenvalue weighted by molar-refractivity contribution is 0.0677. The van der Waals surface area contributed by atoms with Crippen molar-refractivity contribution in [1.82, 2.24) is 10.2 Å². The van der Waals surface area contributed by atoms with Gasteiger partial charge in [-0.15, -0.1) is 0 Å². The molecule has 0 aromatic heterocycles. The first-order valence-electron chi connectivity index (χ1n) is 7.87. The van der Waals surface area contributed by atoms with Crippen molar-refractivity contribution in [3.05, 3.63) is 29.3 Å². The number of aliphatic hydroxyl groups is 2. The smallest absolute Gasteiger partial charge is 0.121 e. The summed E-state index contributed by atoms with van der Waals surface area (Å²) in [5, 5.41) is 23.3. The highest BCUT2D eigenvalue weighted by Gasteiger charge is 2.55. The molecule has 2 fully saturated rings. The van der Waals surface area contributed by atoms with Gasteiger partial charge in [-0.3, -0.25) is 5.32 Å². The molecule has 22 heavy (non-hydrogen) atoms. The highest BCUT2D eigenvalue weighted by atomic mass is 16.5. The number of ether oxygens (including phenoxy) is 1. The molecular formula is C17H26N2O3. The first kappa shape index (κ1) is 15.7. The number of hydrogen-bond acceptors (Lipinski definition) is 5. The second-order valence-electron chi connectivity index (χ2n) is 6.81. The van der Waals surface area contributed by atoms with Gasteiger partial charge in [0.2, 0.25) is 0 Å². The van der Waals surface area contributed by atoms with E-state index in [4.69, 9.17) is 4.74 Å². The van der Waals surface area contributed by atoms with Crippen LogP contribution in [0.4, 0.5) is 0 Å². The van der Waals surface area contributed by atoms with Gasteiger partial charge >= 0.3 is 0 Å². The van der Waals surface area contributed by atoms with Crippen LogP contribution in [0.1, 0.15) is 17.2 Å². The van der Waals surface area contributed by atoms with E-state index < -0.39 is 5.54 Å². The van der Waals surface area contributed by atoms with Gasteiger partial charge < -0.3 is 19.8 Å². The average molecular weight is 306 g/mol. The Morgan fingerprint density at radius 2 is 2.05 bits per heavy atom. The topological polar surface area (TPSA) is 65.0 Å². The molecule has 2 saturated heterocycles. The minimum Gasteiger partial charge on any atom is -0.496 e. The third kappa shape index (κ3) is 2.33. The van der Waals surface area contributed by atoms with Crippen LogP contribution in [-0.4, -0.2) is 61.1 Å². The minimum atomic E-state index is -0.589. The minimum absolute atomic E-state index is 0.0376. The Morgan fingerprint density at radius 3 is 2.64 bits per heavy atom. The summed E-state index contributed by atoms with van der Waals surface area (Å²) < 4.78 is 5.34. The van der Waals surface area contributed by atoms with Crippen molar-refractivity contribution in [1.29, 1.82) is 0 Å². The molecule has 0 aliphatic carbocycles. The zero-order valence-corrected chi connectivity index (χ0v) is 13.5. The Kier molecular flexibility index (Phi) is 4.16. The number of nitrogens with one attached hydrogen (secondary N) is 1. The highest BCUT2D eigenvalue weighted by Crippen LogP contribution is 2.47. The number of aryl methyl sites for hydroxylation is 1. The van der Waals surface area contributed by atoms with E-state index in [1.54, 1.807) is 7.11 Å². The summed E-state index contributed by atoms with van der Waals surface area (Å²) in [6.07, 6.45) is 0. The fourth-order valence-corrected chi connectivity index (χ4v) is 4.28. The molecule has 122 valence electrons. The molecule has 5 heteroatoms. The standard InChI is InChI=1S/C17H26N2O3/c1-11-6-12(4-5-15(11)22-3)16-13-7-19(2)8-14(13)17(9-20,10-21)18-16/h4-6,13-14,16,18,20-21H,7-10H2,1-3H3/t13-,14+,16-/m1/s1. The van der Waals surface area contributed by atoms with Crippen molar-refractivity contribution in [2.24, 2.45) is 11.8 Å². The summed E-state index contributed by atoms with van der Waals surface area (Å²) in [6.45, 7) is 3.86. The molecule has 2 aliphatic heterocycles. The van der Waals surface area contributed by atoms with Crippen LogP contribution >= 0.6 is 0 Å². The normalized spacial score (nSPS) is 30.5. The van der Waals surface area contributed by atoms with Crippen molar-refractivity contribution in [2.45, 2.75) is 18.5 Å². The Morgan fingerprint density at radius 1 is 1.32 bits per heavy atom. The maximum absolute atomic E-state index is 9.89. The van der Waals surface area contributed by atoms with Crippen LogP contribution in [0.5, 0.6) is 5.75 Å². The number of aliphatic hydroxyl groups excluding tert-OH is 2. The van der Waals surface area contributed by atoms with Crippen LogP contribution in [0.15, 0.2) is 18.2 Å². The van der Waals surface area contributed by atoms with Gasteiger partial charge in [-0.05, 0) is 37.1 Å². The van der Waals surface area contributed by atoms with Gasteiger partial charge in [0.1, 0.15) is 5.75 Å². The quantitative estimate of drug-likeness (QED) is 0.758.